The maximum Gasteiger partial charge on any atom is 0.227 e. The molecule has 1 heterocycles. The van der Waals surface area contributed by atoms with Gasteiger partial charge in [-0.3, -0.25) is 4.79 Å². The summed E-state index contributed by atoms with van der Waals surface area (Å²) in [6.45, 7) is 2.21. The van der Waals surface area contributed by atoms with Crippen molar-refractivity contribution in [3.05, 3.63) is 11.7 Å². The van der Waals surface area contributed by atoms with E-state index in [9.17, 15) is 9.90 Å². The molecule has 2 unspecified atom stereocenters. The van der Waals surface area contributed by atoms with E-state index in [0.29, 0.717) is 24.6 Å². The molecule has 1 fully saturated rings. The van der Waals surface area contributed by atoms with Crippen LogP contribution in [0.15, 0.2) is 4.52 Å². The zero-order chi connectivity index (χ0) is 15.1. The summed E-state index contributed by atoms with van der Waals surface area (Å²) in [5.41, 5.74) is 0. The first kappa shape index (κ1) is 15.9. The van der Waals surface area contributed by atoms with Gasteiger partial charge in [-0.1, -0.05) is 24.9 Å². The van der Waals surface area contributed by atoms with Gasteiger partial charge in [-0.05, 0) is 19.3 Å². The van der Waals surface area contributed by atoms with E-state index in [1.165, 1.54) is 0 Å². The quantitative estimate of drug-likeness (QED) is 0.798. The van der Waals surface area contributed by atoms with E-state index in [1.54, 1.807) is 0 Å². The van der Waals surface area contributed by atoms with Crippen LogP contribution in [0.4, 0.5) is 0 Å². The van der Waals surface area contributed by atoms with Crippen molar-refractivity contribution in [1.82, 2.24) is 15.5 Å². The van der Waals surface area contributed by atoms with Crippen molar-refractivity contribution in [3.63, 3.8) is 0 Å². The Bertz CT molecular complexity index is 447. The van der Waals surface area contributed by atoms with Crippen LogP contribution in [0.5, 0.6) is 0 Å². The third-order valence-corrected chi connectivity index (χ3v) is 4.04. The summed E-state index contributed by atoms with van der Waals surface area (Å²) in [5.74, 6) is 1.43. The number of nitrogens with one attached hydrogen (secondary N) is 1. The minimum absolute atomic E-state index is 0.00408. The molecule has 0 saturated heterocycles. The smallest absolute Gasteiger partial charge is 0.227 e. The molecule has 6 nitrogen and oxygen atoms in total. The maximum atomic E-state index is 12.0. The lowest BCUT2D eigenvalue weighted by Gasteiger charge is -2.30. The first-order chi connectivity index (χ1) is 10.2. The fraction of sp³-hybridized carbons (Fsp3) is 0.800. The van der Waals surface area contributed by atoms with Crippen LogP contribution in [0.3, 0.4) is 0 Å². The Hall–Kier alpha value is -1.43. The lowest BCUT2D eigenvalue weighted by Crippen LogP contribution is -2.43. The number of aliphatic hydroxyl groups is 1. The van der Waals surface area contributed by atoms with Crippen molar-refractivity contribution in [3.8, 4) is 0 Å². The number of amides is 1. The number of aromatic nitrogens is 2. The zero-order valence-corrected chi connectivity index (χ0v) is 12.7. The Morgan fingerprint density at radius 1 is 1.38 bits per heavy atom. The van der Waals surface area contributed by atoms with Crippen LogP contribution in [0.25, 0.3) is 0 Å². The number of rotatable bonds is 7. The molecule has 6 heteroatoms. The second-order valence-corrected chi connectivity index (χ2v) is 5.76. The van der Waals surface area contributed by atoms with E-state index in [2.05, 4.69) is 22.4 Å². The summed E-state index contributed by atoms with van der Waals surface area (Å²) in [6.07, 6.45) is 6.80. The number of aryl methyl sites for hydroxylation is 2. The second-order valence-electron chi connectivity index (χ2n) is 5.76. The van der Waals surface area contributed by atoms with Crippen molar-refractivity contribution in [2.75, 3.05) is 6.61 Å². The SMILES string of the molecule is CCCc1noc(CCC(=O)NC2CCCCC2CO)n1. The van der Waals surface area contributed by atoms with Gasteiger partial charge in [0.25, 0.3) is 0 Å². The summed E-state index contributed by atoms with van der Waals surface area (Å²) in [5, 5.41) is 16.3. The summed E-state index contributed by atoms with van der Waals surface area (Å²) in [7, 11) is 0. The van der Waals surface area contributed by atoms with Crippen LogP contribution in [-0.4, -0.2) is 33.8 Å². The summed E-state index contributed by atoms with van der Waals surface area (Å²) < 4.78 is 5.12. The average Bonchev–Trinajstić information content (AvgIpc) is 2.94. The van der Waals surface area contributed by atoms with Crippen molar-refractivity contribution >= 4 is 5.91 Å². The molecule has 2 atom stereocenters. The number of nitrogens with zero attached hydrogens (tertiary/aromatic N) is 2. The molecular formula is C15H25N3O3. The van der Waals surface area contributed by atoms with Gasteiger partial charge in [0, 0.05) is 37.8 Å². The van der Waals surface area contributed by atoms with E-state index < -0.39 is 0 Å². The first-order valence-corrected chi connectivity index (χ1v) is 7.94. The minimum atomic E-state index is -0.00408. The molecule has 2 N–H and O–H groups in total. The van der Waals surface area contributed by atoms with E-state index in [0.717, 1.165) is 38.5 Å². The topological polar surface area (TPSA) is 88.2 Å². The molecule has 1 saturated carbocycles. The van der Waals surface area contributed by atoms with E-state index in [1.807, 2.05) is 0 Å². The molecule has 1 aromatic rings. The Balaban J connectivity index is 1.75. The zero-order valence-electron chi connectivity index (χ0n) is 12.7. The number of hydrogen-bond donors (Lipinski definition) is 2. The van der Waals surface area contributed by atoms with Gasteiger partial charge in [0.15, 0.2) is 5.82 Å². The normalized spacial score (nSPS) is 22.2. The van der Waals surface area contributed by atoms with Crippen molar-refractivity contribution in [1.29, 1.82) is 0 Å². The summed E-state index contributed by atoms with van der Waals surface area (Å²) in [6, 6.07) is 0.106. The molecule has 1 aliphatic carbocycles. The van der Waals surface area contributed by atoms with E-state index in [4.69, 9.17) is 4.52 Å². The highest BCUT2D eigenvalue weighted by Crippen LogP contribution is 2.24. The number of carbonyl (C=O) groups is 1. The highest BCUT2D eigenvalue weighted by atomic mass is 16.5. The van der Waals surface area contributed by atoms with Gasteiger partial charge in [-0.2, -0.15) is 4.98 Å². The second kappa shape index (κ2) is 8.12. The van der Waals surface area contributed by atoms with Crippen LogP contribution in [0, 0.1) is 5.92 Å². The molecule has 0 bridgehead atoms. The highest BCUT2D eigenvalue weighted by molar-refractivity contribution is 5.76. The van der Waals surface area contributed by atoms with Crippen LogP contribution >= 0.6 is 0 Å². The Morgan fingerprint density at radius 2 is 2.19 bits per heavy atom. The molecular weight excluding hydrogens is 270 g/mol. The fourth-order valence-electron chi connectivity index (χ4n) is 2.83. The standard InChI is InChI=1S/C15H25N3O3/c1-2-5-13-17-15(21-18-13)9-8-14(20)16-12-7-4-3-6-11(12)10-19/h11-12,19H,2-10H2,1H3,(H,16,20). The Morgan fingerprint density at radius 3 is 2.95 bits per heavy atom. The molecule has 1 aliphatic rings. The first-order valence-electron chi connectivity index (χ1n) is 7.94. The van der Waals surface area contributed by atoms with Crippen molar-refractivity contribution < 1.29 is 14.4 Å². The third kappa shape index (κ3) is 4.81. The lowest BCUT2D eigenvalue weighted by atomic mass is 9.85. The molecule has 2 rings (SSSR count). The molecule has 21 heavy (non-hydrogen) atoms. The number of hydrogen-bond acceptors (Lipinski definition) is 5. The van der Waals surface area contributed by atoms with Crippen molar-refractivity contribution in [2.24, 2.45) is 5.92 Å². The predicted molar refractivity (Wildman–Crippen MR) is 77.6 cm³/mol. The molecule has 1 amide bonds. The van der Waals surface area contributed by atoms with Gasteiger partial charge in [0.05, 0.1) is 0 Å². The monoisotopic (exact) mass is 295 g/mol. The molecule has 0 spiro atoms. The lowest BCUT2D eigenvalue weighted by molar-refractivity contribution is -0.122. The van der Waals surface area contributed by atoms with Crippen LogP contribution in [0.2, 0.25) is 0 Å². The Labute approximate surface area is 125 Å². The average molecular weight is 295 g/mol. The molecule has 0 aromatic carbocycles. The summed E-state index contributed by atoms with van der Waals surface area (Å²) >= 11 is 0. The van der Waals surface area contributed by atoms with Crippen LogP contribution in [-0.2, 0) is 17.6 Å². The maximum absolute atomic E-state index is 12.0. The van der Waals surface area contributed by atoms with Crippen LogP contribution in [0.1, 0.15) is 57.2 Å². The summed E-state index contributed by atoms with van der Waals surface area (Å²) in [4.78, 5) is 16.2. The third-order valence-electron chi connectivity index (χ3n) is 4.04. The Kier molecular flexibility index (Phi) is 6.17. The van der Waals surface area contributed by atoms with Gasteiger partial charge < -0.3 is 14.9 Å². The van der Waals surface area contributed by atoms with E-state index >= 15 is 0 Å². The molecule has 0 aliphatic heterocycles. The van der Waals surface area contributed by atoms with Gasteiger partial charge in [0.1, 0.15) is 0 Å². The van der Waals surface area contributed by atoms with Gasteiger partial charge in [0.2, 0.25) is 11.8 Å². The fourth-order valence-corrected chi connectivity index (χ4v) is 2.83. The highest BCUT2D eigenvalue weighted by Gasteiger charge is 2.25. The minimum Gasteiger partial charge on any atom is -0.396 e. The number of carbonyl (C=O) groups excluding carboxylic acids is 1. The van der Waals surface area contributed by atoms with Gasteiger partial charge in [-0.25, -0.2) is 0 Å². The molecule has 0 radical (unpaired) electrons. The van der Waals surface area contributed by atoms with Gasteiger partial charge >= 0.3 is 0 Å². The largest absolute Gasteiger partial charge is 0.396 e. The predicted octanol–water partition coefficient (Wildman–Crippen LogP) is 1.62. The van der Waals surface area contributed by atoms with Crippen LogP contribution < -0.4 is 5.32 Å². The van der Waals surface area contributed by atoms with E-state index in [-0.39, 0.29) is 24.5 Å². The number of aliphatic hydroxyl groups excluding tert-OH is 1. The van der Waals surface area contributed by atoms with Crippen molar-refractivity contribution in [2.45, 2.75) is 64.3 Å². The van der Waals surface area contributed by atoms with Gasteiger partial charge in [-0.15, -0.1) is 0 Å². The molecule has 1 aromatic heterocycles. The molecule has 118 valence electrons.